The molecule has 0 spiro atoms. The molecule has 0 atom stereocenters. The number of benzene rings is 17. The van der Waals surface area contributed by atoms with Crippen LogP contribution < -0.4 is 9.80 Å². The van der Waals surface area contributed by atoms with Gasteiger partial charge in [0.2, 0.25) is 11.0 Å². The van der Waals surface area contributed by atoms with Gasteiger partial charge in [-0.2, -0.15) is 21.0 Å². The maximum Gasteiger partial charge on any atom is 0.307 e. The minimum Gasteiger partial charge on any atom is -0.358 e. The Labute approximate surface area is 776 Å². The molecule has 16 nitrogen and oxygen atoms in total. The SMILES string of the molecule is CCc1nc2ccccc2n1-c1ccc(-c2c3ccccc3c(-c3ccc(-c4ccccc4)cc3)c3ccccc23)cc1.[C-]#[N+]c1nc2c(nc1C#N)c1nc(C#N)c(C#N)nc1c1nc(C#N)c([N+]#[C-])nc12.c1ccc(-c2ccc(N(c3ccc(-c4ccccc4)cc3)c3ccc(-c4ccc(N(c5ccccc5)c5ccc(-c6ccc(-c7ccccc7)s6)cc5)cc4)cc3)cc2)cc1. The molecule has 0 unspecified atom stereocenters. The topological polar surface area (TPSA) is 206 Å². The van der Waals surface area contributed by atoms with Crippen molar-refractivity contribution in [1.82, 2.24) is 39.5 Å². The van der Waals surface area contributed by atoms with E-state index in [0.717, 1.165) is 74.2 Å². The lowest BCUT2D eigenvalue weighted by molar-refractivity contribution is 0.908. The summed E-state index contributed by atoms with van der Waals surface area (Å²) >= 11 is 1.83. The van der Waals surface area contributed by atoms with E-state index in [-0.39, 0.29) is 67.5 Å². The van der Waals surface area contributed by atoms with Crippen molar-refractivity contribution in [3.8, 4) is 118 Å². The summed E-state index contributed by atoms with van der Waals surface area (Å²) in [6.45, 7) is 16.6. The average molecular weight is 1730 g/mol. The second-order valence-electron chi connectivity index (χ2n) is 31.5. The molecule has 5 heterocycles. The Kier molecular flexibility index (Phi) is 23.1. The Hall–Kier alpha value is -19.0. The molecule has 134 heavy (non-hydrogen) atoms. The molecule has 0 aliphatic heterocycles. The number of aromatic nitrogens is 8. The number of nitrogens with zero attached hydrogens (tertiary/aromatic N) is 16. The highest BCUT2D eigenvalue weighted by Crippen LogP contribution is 2.47. The second kappa shape index (κ2) is 37.1. The van der Waals surface area contributed by atoms with E-state index in [1.807, 2.05) is 11.3 Å². The molecular formula is C117H72N16S. The minimum absolute atomic E-state index is 0.00714. The van der Waals surface area contributed by atoms with Crippen LogP contribution in [-0.4, -0.2) is 39.5 Å². The van der Waals surface area contributed by atoms with Crippen molar-refractivity contribution in [1.29, 1.82) is 21.0 Å². The van der Waals surface area contributed by atoms with Gasteiger partial charge < -0.3 is 19.5 Å². The van der Waals surface area contributed by atoms with Crippen molar-refractivity contribution < 1.29 is 0 Å². The van der Waals surface area contributed by atoms with Crippen molar-refractivity contribution >= 4 is 123 Å². The molecule has 0 amide bonds. The van der Waals surface area contributed by atoms with E-state index in [0.29, 0.717) is 0 Å². The predicted molar refractivity (Wildman–Crippen MR) is 540 cm³/mol. The molecule has 5 aromatic heterocycles. The fraction of sp³-hybridized carbons (Fsp3) is 0.0171. The van der Waals surface area contributed by atoms with Gasteiger partial charge in [0.1, 0.15) is 52.2 Å². The summed E-state index contributed by atoms with van der Waals surface area (Å²) in [4.78, 5) is 43.2. The van der Waals surface area contributed by atoms with Crippen LogP contribution in [0.1, 0.15) is 35.5 Å². The van der Waals surface area contributed by atoms with Crippen molar-refractivity contribution in [2.24, 2.45) is 0 Å². The highest BCUT2D eigenvalue weighted by molar-refractivity contribution is 7.18. The van der Waals surface area contributed by atoms with Gasteiger partial charge in [-0.15, -0.1) is 21.3 Å². The maximum absolute atomic E-state index is 9.30. The van der Waals surface area contributed by atoms with E-state index >= 15 is 0 Å². The van der Waals surface area contributed by atoms with Gasteiger partial charge in [0.25, 0.3) is 0 Å². The van der Waals surface area contributed by atoms with Crippen LogP contribution in [0, 0.1) is 58.5 Å². The zero-order valence-corrected chi connectivity index (χ0v) is 72.8. The quantitative estimate of drug-likeness (QED) is 0.0502. The van der Waals surface area contributed by atoms with Gasteiger partial charge in [-0.05, 0) is 209 Å². The lowest BCUT2D eigenvalue weighted by atomic mass is 9.85. The molecule has 22 aromatic rings. The first-order chi connectivity index (χ1) is 66.1. The molecule has 626 valence electrons. The summed E-state index contributed by atoms with van der Waals surface area (Å²) in [5.41, 5.74) is 25.8. The molecule has 17 aromatic carbocycles. The number of anilines is 6. The molecule has 0 aliphatic carbocycles. The van der Waals surface area contributed by atoms with Crippen molar-refractivity contribution in [2.75, 3.05) is 9.80 Å². The first-order valence-electron chi connectivity index (χ1n) is 43.3. The van der Waals surface area contributed by atoms with Crippen LogP contribution in [0.5, 0.6) is 0 Å². The van der Waals surface area contributed by atoms with Gasteiger partial charge in [-0.25, -0.2) is 24.9 Å². The number of hydrogen-bond donors (Lipinski definition) is 0. The predicted octanol–water partition coefficient (Wildman–Crippen LogP) is 30.0. The third-order valence-electron chi connectivity index (χ3n) is 23.7. The monoisotopic (exact) mass is 1730 g/mol. The normalized spacial score (nSPS) is 10.9. The third kappa shape index (κ3) is 16.3. The van der Waals surface area contributed by atoms with Crippen LogP contribution in [-0.2, 0) is 6.42 Å². The van der Waals surface area contributed by atoms with Gasteiger partial charge >= 0.3 is 11.6 Å². The Balaban J connectivity index is 0.000000133. The zero-order chi connectivity index (χ0) is 91.0. The van der Waals surface area contributed by atoms with E-state index in [1.165, 1.54) is 98.1 Å². The molecule has 22 rings (SSSR count). The van der Waals surface area contributed by atoms with Gasteiger partial charge in [0, 0.05) is 56.0 Å². The third-order valence-corrected chi connectivity index (χ3v) is 24.9. The zero-order valence-electron chi connectivity index (χ0n) is 72.0. The molecule has 0 N–H and O–H groups in total. The highest BCUT2D eigenvalue weighted by atomic mass is 32.1. The maximum atomic E-state index is 9.30. The van der Waals surface area contributed by atoms with E-state index in [2.05, 4.69) is 467 Å². The molecule has 0 bridgehead atoms. The van der Waals surface area contributed by atoms with E-state index in [1.54, 1.807) is 24.3 Å². The van der Waals surface area contributed by atoms with E-state index in [4.69, 9.17) is 18.1 Å². The van der Waals surface area contributed by atoms with Crippen LogP contribution in [0.25, 0.3) is 169 Å². The fourth-order valence-corrected chi connectivity index (χ4v) is 18.3. The number of aryl methyl sites for hydroxylation is 1. The molecular weight excluding hydrogens is 1660 g/mol. The van der Waals surface area contributed by atoms with Gasteiger partial charge in [0.15, 0.2) is 22.8 Å². The van der Waals surface area contributed by atoms with Crippen LogP contribution >= 0.6 is 11.3 Å². The summed E-state index contributed by atoms with van der Waals surface area (Å²) in [6.07, 6.45) is 0.875. The summed E-state index contributed by atoms with van der Waals surface area (Å²) in [5.74, 6) is 0.471. The molecule has 0 saturated heterocycles. The number of hydrogen-bond acceptors (Lipinski definition) is 14. The number of thiophene rings is 1. The molecule has 0 aliphatic rings. The molecule has 0 saturated carbocycles. The van der Waals surface area contributed by atoms with Crippen LogP contribution in [0.4, 0.5) is 45.8 Å². The number of rotatable bonds is 16. The number of nitriles is 4. The summed E-state index contributed by atoms with van der Waals surface area (Å²) < 4.78 is 2.29. The Morgan fingerprint density at radius 2 is 0.530 bits per heavy atom. The fourth-order valence-electron chi connectivity index (χ4n) is 17.3. The lowest BCUT2D eigenvalue weighted by Gasteiger charge is -2.26. The van der Waals surface area contributed by atoms with Crippen molar-refractivity contribution in [3.63, 3.8) is 0 Å². The minimum atomic E-state index is -0.303. The molecule has 0 fully saturated rings. The smallest absolute Gasteiger partial charge is 0.307 e. The second-order valence-corrected chi connectivity index (χ2v) is 32.6. The number of imidazole rings is 1. The molecule has 17 heteroatoms. The number of fused-ring (bicyclic) bond motifs is 9. The Bertz CT molecular complexity index is 7970. The first-order valence-corrected chi connectivity index (χ1v) is 44.2. The van der Waals surface area contributed by atoms with Crippen LogP contribution in [0.2, 0.25) is 0 Å². The molecule has 0 radical (unpaired) electrons. The van der Waals surface area contributed by atoms with Gasteiger partial charge in [-0.1, -0.05) is 317 Å². The van der Waals surface area contributed by atoms with Gasteiger partial charge in [0.05, 0.1) is 11.0 Å². The number of para-hydroxylation sites is 3. The van der Waals surface area contributed by atoms with Gasteiger partial charge in [-0.3, -0.25) is 4.57 Å². The first kappa shape index (κ1) is 83.2. The van der Waals surface area contributed by atoms with E-state index < -0.39 is 0 Å². The largest absolute Gasteiger partial charge is 0.358 e. The summed E-state index contributed by atoms with van der Waals surface area (Å²) in [6, 6.07) is 153. The standard InChI is InChI=1S/C58H42N2S.C41H30N2.C18N12/c1-5-13-43(14-6-1)45-21-31-53(32-22-45)60(54-33-23-46(24-34-54)44-15-7-2-8-16-44)55-37-27-48(28-38-55)47-25-35-52(36-26-47)59(51-19-11-4-12-20-51)56-39-29-50(30-40-56)58-42-41-57(61-58)49-17-9-3-10-18-49;1-2-39-42-37-18-10-11-19-38(37)43(39)32-26-24-31(25-27-32)41-35-16-8-6-14-33(35)40(34-15-7-9-17-36(34)41)30-22-20-29(21-23-30)28-12-4-3-5-13-28;1-23-17-9(5-21)27-13-11-12(26-8(4-20)7(3-19)25-11)14-16(15(13)29-17)30-18(24-2)10(6-22)28-14/h1-42H;3-27H,2H2,1H3;. The highest BCUT2D eigenvalue weighted by Gasteiger charge is 2.28. The summed E-state index contributed by atoms with van der Waals surface area (Å²) in [7, 11) is 0. The Morgan fingerprint density at radius 1 is 0.269 bits per heavy atom. The lowest BCUT2D eigenvalue weighted by Crippen LogP contribution is -2.10. The van der Waals surface area contributed by atoms with Crippen LogP contribution in [0.15, 0.2) is 406 Å². The summed E-state index contributed by atoms with van der Waals surface area (Å²) in [5, 5.41) is 42.2. The average Bonchev–Trinajstić information content (AvgIpc) is 0.980. The van der Waals surface area contributed by atoms with Crippen LogP contribution in [0.3, 0.4) is 0 Å². The Morgan fingerprint density at radius 3 is 0.873 bits per heavy atom. The van der Waals surface area contributed by atoms with E-state index in [9.17, 15) is 21.0 Å². The van der Waals surface area contributed by atoms with Crippen molar-refractivity contribution in [2.45, 2.75) is 13.3 Å². The van der Waals surface area contributed by atoms with Crippen molar-refractivity contribution in [3.05, 3.63) is 458 Å².